The van der Waals surface area contributed by atoms with Crippen LogP contribution < -0.4 is 0 Å². The van der Waals surface area contributed by atoms with Crippen molar-refractivity contribution in [2.75, 3.05) is 0 Å². The molecule has 0 aliphatic rings. The highest BCUT2D eigenvalue weighted by Crippen LogP contribution is 2.39. The fourth-order valence-corrected chi connectivity index (χ4v) is 1.45. The summed E-state index contributed by atoms with van der Waals surface area (Å²) in [6.45, 7) is 2.68. The summed E-state index contributed by atoms with van der Waals surface area (Å²) in [6.07, 6.45) is 0. The van der Waals surface area contributed by atoms with Crippen LogP contribution in [-0.2, 0) is 9.59 Å². The van der Waals surface area contributed by atoms with Crippen LogP contribution in [0.5, 0.6) is 0 Å². The number of alkyl halides is 6. The van der Waals surface area contributed by atoms with E-state index in [0.29, 0.717) is 0 Å². The van der Waals surface area contributed by atoms with Crippen molar-refractivity contribution in [3.8, 4) is 0 Å². The van der Waals surface area contributed by atoms with Gasteiger partial charge < -0.3 is 0 Å². The third kappa shape index (κ3) is 9.17. The van der Waals surface area contributed by atoms with E-state index in [1.165, 1.54) is 5.94 Å². The first kappa shape index (κ1) is 16.3. The molecule has 0 aliphatic heterocycles. The summed E-state index contributed by atoms with van der Waals surface area (Å²) in [6, 6.07) is 0. The van der Waals surface area contributed by atoms with Crippen LogP contribution in [0.2, 0.25) is 0 Å². The molecule has 2 nitrogen and oxygen atoms in total. The van der Waals surface area contributed by atoms with E-state index < -0.39 is 13.4 Å². The van der Waals surface area contributed by atoms with Gasteiger partial charge in [-0.1, -0.05) is 69.6 Å². The Hall–Kier alpha value is 0.860. The molecule has 0 aliphatic carbocycles. The minimum atomic E-state index is -2.18. The quantitative estimate of drug-likeness (QED) is 0.508. The number of hydrogen-bond donors (Lipinski definition) is 0. The number of Topliss-reactive ketones (excluding diaryl/α,β-unsaturated/α-hetero) is 1. The fourth-order valence-electron chi connectivity index (χ4n) is 0.161. The van der Waals surface area contributed by atoms with Crippen LogP contribution >= 0.6 is 69.6 Å². The van der Waals surface area contributed by atoms with Crippen molar-refractivity contribution in [1.29, 1.82) is 0 Å². The average Bonchev–Trinajstić information content (AvgIpc) is 1.84. The topological polar surface area (TPSA) is 34.1 Å². The van der Waals surface area contributed by atoms with E-state index in [1.807, 2.05) is 0 Å². The highest BCUT2D eigenvalue weighted by molar-refractivity contribution is 6.86. The predicted octanol–water partition coefficient (Wildman–Crippen LogP) is 3.30. The van der Waals surface area contributed by atoms with Gasteiger partial charge in [0.2, 0.25) is 5.78 Å². The standard InChI is InChI=1S/C3Cl6O.C2H2O/c4-2(5,6)1(10)3(7,8)9;1-2-3/h;1H2. The summed E-state index contributed by atoms with van der Waals surface area (Å²) >= 11 is 30.6. The van der Waals surface area contributed by atoms with Crippen molar-refractivity contribution in [1.82, 2.24) is 0 Å². The maximum Gasteiger partial charge on any atom is 0.253 e. The minimum Gasteiger partial charge on any atom is -0.290 e. The molecule has 76 valence electrons. The normalized spacial score (nSPS) is 10.9. The molecule has 0 atom stereocenters. The van der Waals surface area contributed by atoms with Gasteiger partial charge in [0.05, 0.1) is 0 Å². The lowest BCUT2D eigenvalue weighted by Crippen LogP contribution is -2.31. The second-order valence-electron chi connectivity index (χ2n) is 1.47. The minimum absolute atomic E-state index is 1.09. The van der Waals surface area contributed by atoms with Gasteiger partial charge in [0.15, 0.2) is 0 Å². The van der Waals surface area contributed by atoms with E-state index in [9.17, 15) is 4.79 Å². The lowest BCUT2D eigenvalue weighted by Gasteiger charge is -2.14. The van der Waals surface area contributed by atoms with Crippen LogP contribution in [0.1, 0.15) is 0 Å². The van der Waals surface area contributed by atoms with E-state index in [4.69, 9.17) is 74.4 Å². The van der Waals surface area contributed by atoms with Gasteiger partial charge in [-0.05, 0) is 6.58 Å². The first-order chi connectivity index (χ1) is 5.57. The number of hydrogen-bond acceptors (Lipinski definition) is 2. The van der Waals surface area contributed by atoms with Crippen molar-refractivity contribution in [2.24, 2.45) is 0 Å². The molecule has 0 N–H and O–H groups in total. The fraction of sp³-hybridized carbons (Fsp3) is 0.400. The molecule has 0 rings (SSSR count). The van der Waals surface area contributed by atoms with E-state index >= 15 is 0 Å². The Morgan fingerprint density at radius 2 is 1.15 bits per heavy atom. The zero-order valence-electron chi connectivity index (χ0n) is 5.79. The Balaban J connectivity index is 0. The number of carbonyl (C=O) groups is 1. The Bertz CT molecular complexity index is 190. The first-order valence-corrected chi connectivity index (χ1v) is 4.66. The van der Waals surface area contributed by atoms with Crippen LogP contribution in [0.3, 0.4) is 0 Å². The number of halogens is 6. The molecule has 0 saturated carbocycles. The van der Waals surface area contributed by atoms with Crippen molar-refractivity contribution in [2.45, 2.75) is 7.59 Å². The number of ketones is 1. The van der Waals surface area contributed by atoms with Gasteiger partial charge >= 0.3 is 0 Å². The molecule has 0 aromatic carbocycles. The van der Waals surface area contributed by atoms with Crippen LogP contribution in [0, 0.1) is 0 Å². The Labute approximate surface area is 105 Å². The smallest absolute Gasteiger partial charge is 0.253 e. The number of rotatable bonds is 0. The van der Waals surface area contributed by atoms with E-state index in [-0.39, 0.29) is 0 Å². The second kappa shape index (κ2) is 6.36. The summed E-state index contributed by atoms with van der Waals surface area (Å²) < 4.78 is -4.35. The molecule has 0 amide bonds. The molecule has 13 heavy (non-hydrogen) atoms. The number of carbonyl (C=O) groups excluding carboxylic acids is 2. The molecule has 0 heterocycles. The molecule has 0 spiro atoms. The summed E-state index contributed by atoms with van der Waals surface area (Å²) in [5, 5.41) is 0. The monoisotopic (exact) mass is 304 g/mol. The predicted molar refractivity (Wildman–Crippen MR) is 56.9 cm³/mol. The molecule has 0 aromatic heterocycles. The van der Waals surface area contributed by atoms with Crippen molar-refractivity contribution < 1.29 is 9.59 Å². The van der Waals surface area contributed by atoms with Gasteiger partial charge in [0.1, 0.15) is 5.94 Å². The van der Waals surface area contributed by atoms with Crippen molar-refractivity contribution in [3.05, 3.63) is 6.58 Å². The van der Waals surface area contributed by atoms with Gasteiger partial charge in [-0.15, -0.1) is 0 Å². The lowest BCUT2D eigenvalue weighted by molar-refractivity contribution is -0.117. The SMILES string of the molecule is C=C=O.O=C(C(Cl)(Cl)Cl)C(Cl)(Cl)Cl. The molecule has 0 bridgehead atoms. The third-order valence-electron chi connectivity index (χ3n) is 0.515. The highest BCUT2D eigenvalue weighted by Gasteiger charge is 2.44. The Morgan fingerprint density at radius 1 is 1.00 bits per heavy atom. The molecular formula is C5H2Cl6O2. The molecule has 0 aromatic rings. The van der Waals surface area contributed by atoms with E-state index in [1.54, 1.807) is 0 Å². The molecule has 0 unspecified atom stereocenters. The molecule has 8 heteroatoms. The molecule has 0 radical (unpaired) electrons. The zero-order chi connectivity index (χ0) is 11.3. The van der Waals surface area contributed by atoms with Gasteiger partial charge in [-0.2, -0.15) is 0 Å². The van der Waals surface area contributed by atoms with Crippen molar-refractivity contribution in [3.63, 3.8) is 0 Å². The van der Waals surface area contributed by atoms with E-state index in [2.05, 4.69) is 6.58 Å². The summed E-state index contributed by atoms with van der Waals surface area (Å²) in [5.74, 6) is 0.162. The first-order valence-electron chi connectivity index (χ1n) is 2.40. The van der Waals surface area contributed by atoms with Gasteiger partial charge in [0, 0.05) is 0 Å². The maximum absolute atomic E-state index is 10.7. The summed E-state index contributed by atoms with van der Waals surface area (Å²) in [5.41, 5.74) is 0. The largest absolute Gasteiger partial charge is 0.290 e. The summed E-state index contributed by atoms with van der Waals surface area (Å²) in [7, 11) is 0. The Morgan fingerprint density at radius 3 is 1.15 bits per heavy atom. The third-order valence-corrected chi connectivity index (χ3v) is 1.54. The highest BCUT2D eigenvalue weighted by atomic mass is 35.6. The van der Waals surface area contributed by atoms with Gasteiger partial charge in [-0.25, -0.2) is 4.79 Å². The average molecular weight is 307 g/mol. The van der Waals surface area contributed by atoms with Gasteiger partial charge in [-0.3, -0.25) is 4.79 Å². The van der Waals surface area contributed by atoms with E-state index in [0.717, 1.165) is 0 Å². The molecular weight excluding hydrogens is 305 g/mol. The second-order valence-corrected chi connectivity index (χ2v) is 6.03. The Kier molecular flexibility index (Phi) is 7.98. The maximum atomic E-state index is 10.7. The van der Waals surface area contributed by atoms with Gasteiger partial charge in [0.25, 0.3) is 7.59 Å². The van der Waals surface area contributed by atoms with Crippen molar-refractivity contribution >= 4 is 81.3 Å². The van der Waals surface area contributed by atoms with Crippen LogP contribution in [0.25, 0.3) is 0 Å². The molecule has 0 saturated heterocycles. The summed E-state index contributed by atoms with van der Waals surface area (Å²) in [4.78, 5) is 19.3. The zero-order valence-corrected chi connectivity index (χ0v) is 10.3. The van der Waals surface area contributed by atoms with Crippen LogP contribution in [0.4, 0.5) is 0 Å². The lowest BCUT2D eigenvalue weighted by atomic mass is 10.5. The van der Waals surface area contributed by atoms with Crippen LogP contribution in [0.15, 0.2) is 6.58 Å². The van der Waals surface area contributed by atoms with Crippen LogP contribution in [-0.4, -0.2) is 19.3 Å². The molecule has 0 fully saturated rings.